The van der Waals surface area contributed by atoms with E-state index in [1.165, 1.54) is 19.3 Å². The highest BCUT2D eigenvalue weighted by atomic mass is 16.2. The average molecular weight is 269 g/mol. The monoisotopic (exact) mass is 269 g/mol. The van der Waals surface area contributed by atoms with Crippen LogP contribution in [0.25, 0.3) is 0 Å². The number of anilines is 1. The molecule has 1 aromatic carbocycles. The van der Waals surface area contributed by atoms with Crippen LogP contribution in [0.3, 0.4) is 0 Å². The van der Waals surface area contributed by atoms with Crippen molar-refractivity contribution in [2.75, 3.05) is 5.32 Å². The maximum absolute atomic E-state index is 12.4. The third-order valence-electron chi connectivity index (χ3n) is 5.57. The minimum atomic E-state index is 0.0300. The van der Waals surface area contributed by atoms with E-state index >= 15 is 0 Å². The summed E-state index contributed by atoms with van der Waals surface area (Å²) in [5, 5.41) is 3.01. The number of nitrogens with one attached hydrogen (secondary N) is 1. The van der Waals surface area contributed by atoms with E-state index in [-0.39, 0.29) is 17.6 Å². The van der Waals surface area contributed by atoms with Crippen molar-refractivity contribution < 1.29 is 9.59 Å². The minimum absolute atomic E-state index is 0.0300. The number of benzene rings is 1. The van der Waals surface area contributed by atoms with Crippen LogP contribution in [0.2, 0.25) is 0 Å². The van der Waals surface area contributed by atoms with Crippen molar-refractivity contribution in [3.8, 4) is 0 Å². The first-order valence-electron chi connectivity index (χ1n) is 7.57. The number of fused-ring (bicyclic) bond motifs is 5. The fraction of sp³-hybridized carbons (Fsp3) is 0.529. The van der Waals surface area contributed by atoms with Crippen LogP contribution in [0, 0.1) is 29.6 Å². The van der Waals surface area contributed by atoms with E-state index in [0.29, 0.717) is 17.4 Å². The predicted molar refractivity (Wildman–Crippen MR) is 76.4 cm³/mol. The second-order valence-corrected chi connectivity index (χ2v) is 6.64. The van der Waals surface area contributed by atoms with Crippen molar-refractivity contribution >= 4 is 17.4 Å². The summed E-state index contributed by atoms with van der Waals surface area (Å²) in [5.74, 6) is 3.37. The molecule has 0 aromatic heterocycles. The van der Waals surface area contributed by atoms with Crippen molar-refractivity contribution in [1.82, 2.24) is 0 Å². The summed E-state index contributed by atoms with van der Waals surface area (Å²) in [6, 6.07) is 7.23. The molecule has 104 valence electrons. The van der Waals surface area contributed by atoms with Crippen LogP contribution in [-0.2, 0) is 4.79 Å². The molecule has 4 atom stereocenters. The molecular weight excluding hydrogens is 250 g/mol. The predicted octanol–water partition coefficient (Wildman–Crippen LogP) is 3.12. The van der Waals surface area contributed by atoms with Gasteiger partial charge in [0.15, 0.2) is 5.78 Å². The third kappa shape index (κ3) is 1.72. The summed E-state index contributed by atoms with van der Waals surface area (Å²) in [7, 11) is 0. The van der Waals surface area contributed by atoms with E-state index < -0.39 is 0 Å². The Morgan fingerprint density at radius 2 is 1.85 bits per heavy atom. The molecule has 4 rings (SSSR count). The van der Waals surface area contributed by atoms with Gasteiger partial charge in [-0.05, 0) is 62.0 Å². The Labute approximate surface area is 118 Å². The Balaban J connectivity index is 1.46. The molecule has 0 aliphatic heterocycles. The molecule has 3 aliphatic carbocycles. The number of hydrogen-bond acceptors (Lipinski definition) is 2. The molecule has 0 radical (unpaired) electrons. The molecule has 0 saturated heterocycles. The standard InChI is InChI=1S/C17H19NO2/c1-9(19)10-3-2-4-13(8-10)18-17(20)16-14-11-5-6-12(7-11)15(14)16/h2-4,8,11-12,14-16H,5-7H2,1H3,(H,18,20). The third-order valence-corrected chi connectivity index (χ3v) is 5.57. The molecule has 1 N–H and O–H groups in total. The smallest absolute Gasteiger partial charge is 0.228 e. The fourth-order valence-electron chi connectivity index (χ4n) is 4.72. The summed E-state index contributed by atoms with van der Waals surface area (Å²) < 4.78 is 0. The molecule has 0 heterocycles. The SMILES string of the molecule is CC(=O)c1cccc(NC(=O)C2C3C4CCC(C4)C23)c1. The van der Waals surface area contributed by atoms with E-state index in [1.54, 1.807) is 19.1 Å². The quantitative estimate of drug-likeness (QED) is 0.857. The van der Waals surface area contributed by atoms with Crippen molar-refractivity contribution in [2.24, 2.45) is 29.6 Å². The first-order chi connectivity index (χ1) is 9.65. The van der Waals surface area contributed by atoms with Crippen molar-refractivity contribution in [1.29, 1.82) is 0 Å². The van der Waals surface area contributed by atoms with Gasteiger partial charge in [0.25, 0.3) is 0 Å². The lowest BCUT2D eigenvalue weighted by Crippen LogP contribution is -2.18. The maximum Gasteiger partial charge on any atom is 0.228 e. The van der Waals surface area contributed by atoms with Gasteiger partial charge in [-0.2, -0.15) is 0 Å². The largest absolute Gasteiger partial charge is 0.326 e. The minimum Gasteiger partial charge on any atom is -0.326 e. The van der Waals surface area contributed by atoms with Crippen LogP contribution >= 0.6 is 0 Å². The van der Waals surface area contributed by atoms with Crippen LogP contribution < -0.4 is 5.32 Å². The van der Waals surface area contributed by atoms with E-state index in [9.17, 15) is 9.59 Å². The molecular formula is C17H19NO2. The molecule has 1 amide bonds. The van der Waals surface area contributed by atoms with Crippen LogP contribution in [0.5, 0.6) is 0 Å². The van der Waals surface area contributed by atoms with Gasteiger partial charge in [-0.3, -0.25) is 9.59 Å². The molecule has 3 fully saturated rings. The lowest BCUT2D eigenvalue weighted by atomic mass is 10.0. The zero-order valence-electron chi connectivity index (χ0n) is 11.6. The molecule has 1 aromatic rings. The van der Waals surface area contributed by atoms with Crippen molar-refractivity contribution in [3.05, 3.63) is 29.8 Å². The number of hydrogen-bond donors (Lipinski definition) is 1. The van der Waals surface area contributed by atoms with Gasteiger partial charge in [0.1, 0.15) is 0 Å². The van der Waals surface area contributed by atoms with E-state index in [4.69, 9.17) is 0 Å². The maximum atomic E-state index is 12.4. The second kappa shape index (κ2) is 4.18. The molecule has 3 saturated carbocycles. The van der Waals surface area contributed by atoms with Crippen molar-refractivity contribution in [2.45, 2.75) is 26.2 Å². The lowest BCUT2D eigenvalue weighted by molar-refractivity contribution is -0.118. The second-order valence-electron chi connectivity index (χ2n) is 6.64. The lowest BCUT2D eigenvalue weighted by Gasteiger charge is -2.10. The van der Waals surface area contributed by atoms with Gasteiger partial charge in [0.05, 0.1) is 0 Å². The molecule has 0 spiro atoms. The number of ketones is 1. The summed E-state index contributed by atoms with van der Waals surface area (Å²) in [4.78, 5) is 23.8. The number of carbonyl (C=O) groups excluding carboxylic acids is 2. The first kappa shape index (κ1) is 12.1. The van der Waals surface area contributed by atoms with Gasteiger partial charge >= 0.3 is 0 Å². The molecule has 3 nitrogen and oxygen atoms in total. The van der Waals surface area contributed by atoms with Gasteiger partial charge < -0.3 is 5.32 Å². The Morgan fingerprint density at radius 1 is 1.15 bits per heavy atom. The van der Waals surface area contributed by atoms with Crippen LogP contribution in [0.15, 0.2) is 24.3 Å². The van der Waals surface area contributed by atoms with Gasteiger partial charge in [-0.25, -0.2) is 0 Å². The number of carbonyl (C=O) groups is 2. The summed E-state index contributed by atoms with van der Waals surface area (Å²) in [6.07, 6.45) is 4.02. The summed E-state index contributed by atoms with van der Waals surface area (Å²) >= 11 is 0. The van der Waals surface area contributed by atoms with Crippen LogP contribution in [-0.4, -0.2) is 11.7 Å². The first-order valence-corrected chi connectivity index (χ1v) is 7.57. The van der Waals surface area contributed by atoms with Gasteiger partial charge in [-0.15, -0.1) is 0 Å². The average Bonchev–Trinajstić information content (AvgIpc) is 2.88. The molecule has 3 aliphatic rings. The Kier molecular flexibility index (Phi) is 2.53. The molecule has 20 heavy (non-hydrogen) atoms. The Hall–Kier alpha value is -1.64. The number of rotatable bonds is 3. The van der Waals surface area contributed by atoms with Gasteiger partial charge in [-0.1, -0.05) is 12.1 Å². The molecule has 2 bridgehead atoms. The number of amides is 1. The summed E-state index contributed by atoms with van der Waals surface area (Å²) in [5.41, 5.74) is 1.40. The summed E-state index contributed by atoms with van der Waals surface area (Å²) in [6.45, 7) is 1.55. The Morgan fingerprint density at radius 3 is 2.50 bits per heavy atom. The van der Waals surface area contributed by atoms with E-state index in [2.05, 4.69) is 5.32 Å². The molecule has 3 heteroatoms. The van der Waals surface area contributed by atoms with Gasteiger partial charge in [0, 0.05) is 17.2 Å². The highest BCUT2D eigenvalue weighted by molar-refractivity contribution is 5.98. The van der Waals surface area contributed by atoms with Gasteiger partial charge in [0.2, 0.25) is 5.91 Å². The van der Waals surface area contributed by atoms with Crippen LogP contribution in [0.4, 0.5) is 5.69 Å². The van der Waals surface area contributed by atoms with E-state index in [1.807, 2.05) is 12.1 Å². The Bertz CT molecular complexity index is 578. The normalized spacial score (nSPS) is 36.5. The zero-order valence-corrected chi connectivity index (χ0v) is 11.6. The zero-order chi connectivity index (χ0) is 13.9. The van der Waals surface area contributed by atoms with Crippen molar-refractivity contribution in [3.63, 3.8) is 0 Å². The highest BCUT2D eigenvalue weighted by Gasteiger charge is 2.67. The highest BCUT2D eigenvalue weighted by Crippen LogP contribution is 2.69. The fourth-order valence-corrected chi connectivity index (χ4v) is 4.72. The molecule has 4 unspecified atom stereocenters. The van der Waals surface area contributed by atoms with Crippen LogP contribution in [0.1, 0.15) is 36.5 Å². The number of Topliss-reactive ketones (excluding diaryl/α,β-unsaturated/α-hetero) is 1. The topological polar surface area (TPSA) is 46.2 Å². The van der Waals surface area contributed by atoms with E-state index in [0.717, 1.165) is 17.5 Å².